The average Bonchev–Trinajstić information content (AvgIpc) is 3.31. The van der Waals surface area contributed by atoms with E-state index in [-0.39, 0.29) is 17.7 Å². The molecule has 0 aromatic carbocycles. The highest BCUT2D eigenvalue weighted by atomic mass is 16.2. The van der Waals surface area contributed by atoms with Crippen LogP contribution in [0.3, 0.4) is 0 Å². The molecule has 3 N–H and O–H groups in total. The Kier molecular flexibility index (Phi) is 5.70. The largest absolute Gasteiger partial charge is 0.339 e. The Balaban J connectivity index is 1.75. The first-order valence-electron chi connectivity index (χ1n) is 9.20. The van der Waals surface area contributed by atoms with Crippen molar-refractivity contribution in [3.8, 4) is 0 Å². The second-order valence-corrected chi connectivity index (χ2v) is 6.98. The van der Waals surface area contributed by atoms with E-state index >= 15 is 0 Å². The van der Waals surface area contributed by atoms with Crippen molar-refractivity contribution < 1.29 is 9.59 Å². The van der Waals surface area contributed by atoms with Crippen molar-refractivity contribution in [3.05, 3.63) is 30.4 Å². The molecule has 1 aliphatic carbocycles. The average molecular weight is 358 g/mol. The molecule has 26 heavy (non-hydrogen) atoms. The first-order valence-corrected chi connectivity index (χ1v) is 9.20. The molecule has 1 aliphatic rings. The molecule has 8 heteroatoms. The fourth-order valence-corrected chi connectivity index (χ4v) is 3.55. The molecule has 0 spiro atoms. The number of hydrogen-bond acceptors (Lipinski definition) is 4. The van der Waals surface area contributed by atoms with Gasteiger partial charge in [0.1, 0.15) is 11.7 Å². The Labute approximate surface area is 152 Å². The first-order chi connectivity index (χ1) is 12.6. The molecule has 0 aliphatic heterocycles. The quantitative estimate of drug-likeness (QED) is 0.736. The van der Waals surface area contributed by atoms with Crippen LogP contribution in [0.1, 0.15) is 50.0 Å². The summed E-state index contributed by atoms with van der Waals surface area (Å²) in [6.07, 6.45) is 8.76. The topological polar surface area (TPSA) is 105 Å². The zero-order valence-electron chi connectivity index (χ0n) is 15.2. The number of hydrogen-bond donors (Lipinski definition) is 3. The van der Waals surface area contributed by atoms with Crippen LogP contribution < -0.4 is 10.6 Å². The SMILES string of the molecule is CCn1nccc1C(=O)N[C@H](C(=O)Nc1cn[nH]c1)C1CCC(C)CC1. The minimum atomic E-state index is -0.579. The summed E-state index contributed by atoms with van der Waals surface area (Å²) >= 11 is 0. The van der Waals surface area contributed by atoms with Gasteiger partial charge in [-0.15, -0.1) is 0 Å². The summed E-state index contributed by atoms with van der Waals surface area (Å²) in [5, 5.41) is 16.4. The highest BCUT2D eigenvalue weighted by Crippen LogP contribution is 2.31. The van der Waals surface area contributed by atoms with Crippen LogP contribution in [0.5, 0.6) is 0 Å². The van der Waals surface area contributed by atoms with Gasteiger partial charge in [-0.2, -0.15) is 10.2 Å². The number of aromatic nitrogens is 4. The number of anilines is 1. The van der Waals surface area contributed by atoms with Crippen LogP contribution in [0, 0.1) is 11.8 Å². The lowest BCUT2D eigenvalue weighted by Crippen LogP contribution is -2.49. The summed E-state index contributed by atoms with van der Waals surface area (Å²) in [4.78, 5) is 25.6. The van der Waals surface area contributed by atoms with Crippen molar-refractivity contribution in [2.45, 2.75) is 52.1 Å². The second kappa shape index (κ2) is 8.16. The standard InChI is InChI=1S/C18H26N6O2/c1-3-24-15(8-9-21-24)17(25)23-16(13-6-4-12(2)5-7-13)18(26)22-14-10-19-20-11-14/h8-13,16H,3-7H2,1-2H3,(H,19,20)(H,22,26)(H,23,25)/t12?,13?,16-/m0/s1. The molecule has 0 saturated heterocycles. The van der Waals surface area contributed by atoms with E-state index in [1.54, 1.807) is 29.3 Å². The van der Waals surface area contributed by atoms with Crippen molar-refractivity contribution in [2.75, 3.05) is 5.32 Å². The molecule has 8 nitrogen and oxygen atoms in total. The number of amides is 2. The number of carbonyl (C=O) groups is 2. The predicted molar refractivity (Wildman–Crippen MR) is 97.5 cm³/mol. The smallest absolute Gasteiger partial charge is 0.270 e. The van der Waals surface area contributed by atoms with Crippen LogP contribution in [0.25, 0.3) is 0 Å². The third kappa shape index (κ3) is 4.12. The third-order valence-corrected chi connectivity index (χ3v) is 5.12. The summed E-state index contributed by atoms with van der Waals surface area (Å²) in [6.45, 7) is 4.76. The molecule has 3 rings (SSSR count). The van der Waals surface area contributed by atoms with Gasteiger partial charge in [0.25, 0.3) is 5.91 Å². The van der Waals surface area contributed by atoms with Gasteiger partial charge < -0.3 is 10.6 Å². The number of rotatable bonds is 6. The van der Waals surface area contributed by atoms with E-state index < -0.39 is 6.04 Å². The van der Waals surface area contributed by atoms with Crippen molar-refractivity contribution in [3.63, 3.8) is 0 Å². The lowest BCUT2D eigenvalue weighted by Gasteiger charge is -2.32. The van der Waals surface area contributed by atoms with Gasteiger partial charge in [0.15, 0.2) is 0 Å². The molecule has 0 bridgehead atoms. The molecule has 1 atom stereocenters. The van der Waals surface area contributed by atoms with Crippen LogP contribution >= 0.6 is 0 Å². The number of H-pyrrole nitrogens is 1. The van der Waals surface area contributed by atoms with Gasteiger partial charge >= 0.3 is 0 Å². The Morgan fingerprint density at radius 3 is 2.77 bits per heavy atom. The summed E-state index contributed by atoms with van der Waals surface area (Å²) in [5.74, 6) is 0.318. The normalized spacial score (nSPS) is 21.2. The van der Waals surface area contributed by atoms with Gasteiger partial charge in [-0.05, 0) is 37.7 Å². The highest BCUT2D eigenvalue weighted by Gasteiger charge is 2.33. The van der Waals surface area contributed by atoms with Crippen molar-refractivity contribution >= 4 is 17.5 Å². The first kappa shape index (κ1) is 18.2. The van der Waals surface area contributed by atoms with Crippen LogP contribution in [-0.2, 0) is 11.3 Å². The minimum Gasteiger partial charge on any atom is -0.339 e. The Bertz CT molecular complexity index is 731. The molecule has 0 radical (unpaired) electrons. The van der Waals surface area contributed by atoms with E-state index in [0.29, 0.717) is 23.8 Å². The molecule has 0 unspecified atom stereocenters. The van der Waals surface area contributed by atoms with Crippen LogP contribution in [0.2, 0.25) is 0 Å². The lowest BCUT2D eigenvalue weighted by atomic mass is 9.79. The van der Waals surface area contributed by atoms with Gasteiger partial charge in [0, 0.05) is 18.9 Å². The van der Waals surface area contributed by atoms with Crippen LogP contribution in [0.15, 0.2) is 24.7 Å². The maximum absolute atomic E-state index is 12.9. The van der Waals surface area contributed by atoms with Crippen molar-refractivity contribution in [1.82, 2.24) is 25.3 Å². The number of nitrogens with zero attached hydrogens (tertiary/aromatic N) is 3. The van der Waals surface area contributed by atoms with Crippen LogP contribution in [-0.4, -0.2) is 37.8 Å². The van der Waals surface area contributed by atoms with E-state index in [4.69, 9.17) is 0 Å². The highest BCUT2D eigenvalue weighted by molar-refractivity contribution is 6.00. The summed E-state index contributed by atoms with van der Waals surface area (Å²) in [6, 6.07) is 1.09. The predicted octanol–water partition coefficient (Wildman–Crippen LogP) is 2.19. The molecule has 1 saturated carbocycles. The van der Waals surface area contributed by atoms with E-state index in [1.807, 2.05) is 6.92 Å². The van der Waals surface area contributed by atoms with Crippen molar-refractivity contribution in [1.29, 1.82) is 0 Å². The third-order valence-electron chi connectivity index (χ3n) is 5.12. The molecule has 2 heterocycles. The number of nitrogens with one attached hydrogen (secondary N) is 3. The monoisotopic (exact) mass is 358 g/mol. The number of aromatic amines is 1. The molecule has 2 amide bonds. The molecule has 140 valence electrons. The van der Waals surface area contributed by atoms with Crippen molar-refractivity contribution in [2.24, 2.45) is 11.8 Å². The van der Waals surface area contributed by atoms with E-state index in [9.17, 15) is 9.59 Å². The number of carbonyl (C=O) groups excluding carboxylic acids is 2. The Hall–Kier alpha value is -2.64. The Morgan fingerprint density at radius 1 is 1.35 bits per heavy atom. The van der Waals surface area contributed by atoms with E-state index in [1.165, 1.54) is 0 Å². The van der Waals surface area contributed by atoms with Gasteiger partial charge in [0.05, 0.1) is 11.9 Å². The molecule has 2 aromatic rings. The Morgan fingerprint density at radius 2 is 2.12 bits per heavy atom. The van der Waals surface area contributed by atoms with Gasteiger partial charge in [0.2, 0.25) is 5.91 Å². The second-order valence-electron chi connectivity index (χ2n) is 6.98. The fourth-order valence-electron chi connectivity index (χ4n) is 3.55. The molecule has 1 fully saturated rings. The zero-order valence-corrected chi connectivity index (χ0v) is 15.2. The fraction of sp³-hybridized carbons (Fsp3) is 0.556. The van der Waals surface area contributed by atoms with E-state index in [0.717, 1.165) is 25.7 Å². The zero-order chi connectivity index (χ0) is 18.5. The van der Waals surface area contributed by atoms with Gasteiger partial charge in [-0.3, -0.25) is 19.4 Å². The lowest BCUT2D eigenvalue weighted by molar-refractivity contribution is -0.119. The number of aryl methyl sites for hydroxylation is 1. The van der Waals surface area contributed by atoms with Gasteiger partial charge in [-0.1, -0.05) is 19.8 Å². The maximum Gasteiger partial charge on any atom is 0.270 e. The molecule has 2 aromatic heterocycles. The summed E-state index contributed by atoms with van der Waals surface area (Å²) in [7, 11) is 0. The summed E-state index contributed by atoms with van der Waals surface area (Å²) < 4.78 is 1.63. The minimum absolute atomic E-state index is 0.125. The van der Waals surface area contributed by atoms with Crippen LogP contribution in [0.4, 0.5) is 5.69 Å². The summed E-state index contributed by atoms with van der Waals surface area (Å²) in [5.41, 5.74) is 1.06. The maximum atomic E-state index is 12.9. The molecular weight excluding hydrogens is 332 g/mol. The van der Waals surface area contributed by atoms with E-state index in [2.05, 4.69) is 32.9 Å². The van der Waals surface area contributed by atoms with Gasteiger partial charge in [-0.25, -0.2) is 0 Å². The molecular formula is C18H26N6O2.